The van der Waals surface area contributed by atoms with Crippen LogP contribution in [0.25, 0.3) is 0 Å². The van der Waals surface area contributed by atoms with E-state index in [9.17, 15) is 0 Å². The number of hydrogen-bond acceptors (Lipinski definition) is 3. The van der Waals surface area contributed by atoms with Crippen molar-refractivity contribution in [3.8, 4) is 0 Å². The fourth-order valence-electron chi connectivity index (χ4n) is 2.57. The molecule has 15 heavy (non-hydrogen) atoms. The number of aromatic nitrogens is 2. The monoisotopic (exact) mass is 242 g/mol. The lowest BCUT2D eigenvalue weighted by atomic mass is 9.71. The van der Waals surface area contributed by atoms with Gasteiger partial charge in [0.2, 0.25) is 0 Å². The zero-order valence-electron chi connectivity index (χ0n) is 9.61. The average molecular weight is 242 g/mol. The molecule has 3 unspecified atom stereocenters. The Bertz CT molecular complexity index is 354. The predicted molar refractivity (Wildman–Crippen MR) is 69.6 cm³/mol. The van der Waals surface area contributed by atoms with Crippen molar-refractivity contribution in [1.29, 1.82) is 0 Å². The molecule has 2 rings (SSSR count). The van der Waals surface area contributed by atoms with Gasteiger partial charge in [-0.05, 0) is 5.41 Å². The van der Waals surface area contributed by atoms with Crippen molar-refractivity contribution in [3.63, 3.8) is 0 Å². The van der Waals surface area contributed by atoms with Crippen molar-refractivity contribution in [2.45, 2.75) is 44.8 Å². The summed E-state index contributed by atoms with van der Waals surface area (Å²) in [4.78, 5) is 7.84. The van der Waals surface area contributed by atoms with Crippen LogP contribution in [0.15, 0.2) is 6.20 Å². The van der Waals surface area contributed by atoms with Gasteiger partial charge in [-0.1, -0.05) is 38.5 Å². The first kappa shape index (κ1) is 11.4. The molecule has 1 aromatic heterocycles. The number of rotatable bonds is 2. The lowest BCUT2D eigenvalue weighted by Gasteiger charge is -2.35. The highest BCUT2D eigenvalue weighted by molar-refractivity contribution is 8.68. The van der Waals surface area contributed by atoms with Gasteiger partial charge >= 0.3 is 0 Å². The molecule has 2 nitrogen and oxygen atoms in total. The highest BCUT2D eigenvalue weighted by Gasteiger charge is 2.44. The van der Waals surface area contributed by atoms with Crippen LogP contribution < -0.4 is 0 Å². The maximum Gasteiger partial charge on any atom is 0.110 e. The van der Waals surface area contributed by atoms with E-state index in [1.165, 1.54) is 5.69 Å². The fourth-order valence-corrected chi connectivity index (χ4v) is 3.40. The van der Waals surface area contributed by atoms with Crippen molar-refractivity contribution in [3.05, 3.63) is 17.7 Å². The van der Waals surface area contributed by atoms with Crippen molar-refractivity contribution in [2.75, 3.05) is 0 Å². The van der Waals surface area contributed by atoms with Crippen molar-refractivity contribution >= 4 is 22.5 Å². The zero-order valence-corrected chi connectivity index (χ0v) is 11.3. The van der Waals surface area contributed by atoms with Gasteiger partial charge < -0.3 is 4.98 Å². The first-order chi connectivity index (χ1) is 6.95. The van der Waals surface area contributed by atoms with Crippen LogP contribution in [0, 0.1) is 5.41 Å². The van der Waals surface area contributed by atoms with Crippen molar-refractivity contribution < 1.29 is 0 Å². The molecule has 4 heteroatoms. The maximum absolute atomic E-state index is 4.43. The first-order valence-electron chi connectivity index (χ1n) is 5.30. The molecule has 0 aliphatic carbocycles. The molecule has 2 bridgehead atoms. The van der Waals surface area contributed by atoms with Gasteiger partial charge in [0.15, 0.2) is 0 Å². The minimum atomic E-state index is 0.254. The quantitative estimate of drug-likeness (QED) is 0.613. The van der Waals surface area contributed by atoms with Crippen LogP contribution in [0.5, 0.6) is 0 Å². The van der Waals surface area contributed by atoms with E-state index < -0.39 is 0 Å². The standard InChI is InChI=1S/C11H18N2S2/c1-6(15-14)8-7-5-12-10(13-7)9(8)11(2,3)4/h5-6,8-9,14H,1-4H3,(H,12,13). The van der Waals surface area contributed by atoms with Crippen LogP contribution in [0.4, 0.5) is 0 Å². The molecule has 0 aromatic carbocycles. The molecule has 0 saturated heterocycles. The largest absolute Gasteiger partial charge is 0.345 e. The number of nitrogens with zero attached hydrogens (tertiary/aromatic N) is 1. The van der Waals surface area contributed by atoms with Crippen LogP contribution in [-0.4, -0.2) is 15.2 Å². The lowest BCUT2D eigenvalue weighted by Crippen LogP contribution is -2.28. The molecule has 0 radical (unpaired) electrons. The second-order valence-electron chi connectivity index (χ2n) is 5.40. The van der Waals surface area contributed by atoms with Gasteiger partial charge in [0, 0.05) is 29.0 Å². The summed E-state index contributed by atoms with van der Waals surface area (Å²) in [6.45, 7) is 9.09. The van der Waals surface area contributed by atoms with E-state index in [1.807, 2.05) is 6.20 Å². The predicted octanol–water partition coefficient (Wildman–Crippen LogP) is 3.60. The fraction of sp³-hybridized carbons (Fsp3) is 0.727. The van der Waals surface area contributed by atoms with E-state index >= 15 is 0 Å². The molecule has 84 valence electrons. The van der Waals surface area contributed by atoms with E-state index in [0.29, 0.717) is 17.1 Å². The zero-order chi connectivity index (χ0) is 11.2. The van der Waals surface area contributed by atoms with Crippen LogP contribution in [-0.2, 0) is 0 Å². The summed E-state index contributed by atoms with van der Waals surface area (Å²) < 4.78 is 0. The van der Waals surface area contributed by atoms with E-state index in [1.54, 1.807) is 10.8 Å². The first-order valence-corrected chi connectivity index (χ1v) is 7.23. The Hall–Kier alpha value is -0.0900. The highest BCUT2D eigenvalue weighted by Crippen LogP contribution is 2.52. The third kappa shape index (κ3) is 1.82. The molecular formula is C11H18N2S2. The Kier molecular flexibility index (Phi) is 2.84. The third-order valence-corrected chi connectivity index (χ3v) is 4.86. The van der Waals surface area contributed by atoms with Crippen LogP contribution in [0.2, 0.25) is 0 Å². The molecule has 3 atom stereocenters. The summed E-state index contributed by atoms with van der Waals surface area (Å²) in [5.74, 6) is 2.20. The van der Waals surface area contributed by atoms with Gasteiger partial charge in [0.05, 0.1) is 0 Å². The van der Waals surface area contributed by atoms with Crippen LogP contribution in [0.1, 0.15) is 51.0 Å². The van der Waals surface area contributed by atoms with E-state index in [2.05, 4.69) is 49.3 Å². The van der Waals surface area contributed by atoms with Gasteiger partial charge in [-0.2, -0.15) is 0 Å². The summed E-state index contributed by atoms with van der Waals surface area (Å²) in [6.07, 6.45) is 1.97. The summed E-state index contributed by atoms with van der Waals surface area (Å²) in [5, 5.41) is 0.518. The van der Waals surface area contributed by atoms with Crippen molar-refractivity contribution in [2.24, 2.45) is 5.41 Å². The second-order valence-corrected chi connectivity index (χ2v) is 6.99. The minimum absolute atomic E-state index is 0.254. The van der Waals surface area contributed by atoms with Gasteiger partial charge in [-0.25, -0.2) is 4.98 Å². The molecule has 0 saturated carbocycles. The average Bonchev–Trinajstić information content (AvgIpc) is 2.73. The third-order valence-electron chi connectivity index (χ3n) is 3.23. The number of aromatic amines is 1. The minimum Gasteiger partial charge on any atom is -0.345 e. The second kappa shape index (κ2) is 3.74. The van der Waals surface area contributed by atoms with Crippen LogP contribution >= 0.6 is 22.5 Å². The lowest BCUT2D eigenvalue weighted by molar-refractivity contribution is 0.277. The van der Waals surface area contributed by atoms with Gasteiger partial charge in [-0.3, -0.25) is 0 Å². The van der Waals surface area contributed by atoms with Crippen molar-refractivity contribution in [1.82, 2.24) is 9.97 Å². The molecule has 1 aromatic rings. The molecule has 2 heterocycles. The molecule has 0 spiro atoms. The number of H-pyrrole nitrogens is 1. The number of thiol groups is 1. The topological polar surface area (TPSA) is 28.7 Å². The molecule has 1 N–H and O–H groups in total. The molecular weight excluding hydrogens is 224 g/mol. The van der Waals surface area contributed by atoms with E-state index in [-0.39, 0.29) is 5.41 Å². The number of hydrogen-bond donors (Lipinski definition) is 2. The normalized spacial score (nSPS) is 27.0. The molecule has 0 amide bonds. The SMILES string of the molecule is CC(SS)C1c2cnc([nH]2)C1C(C)(C)C. The van der Waals surface area contributed by atoms with Gasteiger partial charge in [0.1, 0.15) is 5.82 Å². The summed E-state index contributed by atoms with van der Waals surface area (Å²) >= 11 is 4.34. The maximum atomic E-state index is 4.43. The Morgan fingerprint density at radius 1 is 1.53 bits per heavy atom. The van der Waals surface area contributed by atoms with Gasteiger partial charge in [0.25, 0.3) is 0 Å². The molecule has 1 aliphatic rings. The number of fused-ring (bicyclic) bond motifs is 2. The van der Waals surface area contributed by atoms with Gasteiger partial charge in [-0.15, -0.1) is 11.7 Å². The Morgan fingerprint density at radius 2 is 2.20 bits per heavy atom. The summed E-state index contributed by atoms with van der Waals surface area (Å²) in [7, 11) is 1.64. The van der Waals surface area contributed by atoms with Crippen LogP contribution in [0.3, 0.4) is 0 Å². The Balaban J connectivity index is 2.34. The smallest absolute Gasteiger partial charge is 0.110 e. The molecule has 1 aliphatic heterocycles. The Labute approximate surface area is 100 Å². The van der Waals surface area contributed by atoms with E-state index in [0.717, 1.165) is 5.82 Å². The summed E-state index contributed by atoms with van der Waals surface area (Å²) in [6, 6.07) is 0. The Morgan fingerprint density at radius 3 is 2.73 bits per heavy atom. The number of imidazole rings is 1. The number of nitrogens with one attached hydrogen (secondary N) is 1. The van der Waals surface area contributed by atoms with E-state index in [4.69, 9.17) is 0 Å². The molecule has 0 fully saturated rings. The highest BCUT2D eigenvalue weighted by atomic mass is 33.1. The summed E-state index contributed by atoms with van der Waals surface area (Å²) in [5.41, 5.74) is 1.53.